The van der Waals surface area contributed by atoms with E-state index in [1.54, 1.807) is 22.8 Å². The topological polar surface area (TPSA) is 64.2 Å². The highest BCUT2D eigenvalue weighted by atomic mass is 35.5. The second-order valence-electron chi connectivity index (χ2n) is 7.96. The lowest BCUT2D eigenvalue weighted by Gasteiger charge is -2.33. The van der Waals surface area contributed by atoms with Crippen LogP contribution in [0.2, 0.25) is 5.02 Å². The molecule has 0 spiro atoms. The van der Waals surface area contributed by atoms with E-state index in [4.69, 9.17) is 16.1 Å². The zero-order chi connectivity index (χ0) is 18.4. The van der Waals surface area contributed by atoms with E-state index in [0.717, 1.165) is 36.3 Å². The number of carbonyl (C=O) groups is 1. The van der Waals surface area contributed by atoms with E-state index in [-0.39, 0.29) is 11.3 Å². The van der Waals surface area contributed by atoms with E-state index < -0.39 is 0 Å². The molecule has 0 radical (unpaired) electrons. The normalized spacial score (nSPS) is 17.4. The Hall–Kier alpha value is -1.82. The molecule has 0 fully saturated rings. The molecule has 0 saturated carbocycles. The largest absolute Gasteiger partial charge is 0.360 e. The molecule has 1 aliphatic carbocycles. The van der Waals surface area contributed by atoms with Crippen LogP contribution in [0.3, 0.4) is 0 Å². The SMILES string of the molecule is CN(Cc1c(Cl)cnn1C)C(=O)c1noc2c1C[C@@H](C(C)(C)C)CC2. The maximum atomic E-state index is 12.9. The average Bonchev–Trinajstić information content (AvgIpc) is 3.11. The van der Waals surface area contributed by atoms with Crippen molar-refractivity contribution in [2.45, 2.75) is 46.6 Å². The van der Waals surface area contributed by atoms with Crippen molar-refractivity contribution in [3.8, 4) is 0 Å². The Balaban J connectivity index is 1.81. The summed E-state index contributed by atoms with van der Waals surface area (Å²) in [6.07, 6.45) is 4.33. The molecule has 2 aromatic heterocycles. The van der Waals surface area contributed by atoms with E-state index in [1.165, 1.54) is 0 Å². The first-order valence-electron chi connectivity index (χ1n) is 8.57. The quantitative estimate of drug-likeness (QED) is 0.836. The van der Waals surface area contributed by atoms with Crippen LogP contribution >= 0.6 is 11.6 Å². The van der Waals surface area contributed by atoms with Gasteiger partial charge in [-0.3, -0.25) is 9.48 Å². The molecule has 0 N–H and O–H groups in total. The lowest BCUT2D eigenvalue weighted by molar-refractivity contribution is 0.0770. The molecule has 1 atom stereocenters. The first-order valence-corrected chi connectivity index (χ1v) is 8.95. The van der Waals surface area contributed by atoms with Crippen molar-refractivity contribution in [3.63, 3.8) is 0 Å². The number of rotatable bonds is 3. The number of amides is 1. The molecule has 0 aliphatic heterocycles. The van der Waals surface area contributed by atoms with Gasteiger partial charge in [0.2, 0.25) is 0 Å². The summed E-state index contributed by atoms with van der Waals surface area (Å²) in [5.74, 6) is 1.23. The van der Waals surface area contributed by atoms with Gasteiger partial charge in [0.25, 0.3) is 5.91 Å². The fourth-order valence-corrected chi connectivity index (χ4v) is 3.63. The fraction of sp³-hybridized carbons (Fsp3) is 0.611. The Labute approximate surface area is 153 Å². The Kier molecular flexibility index (Phi) is 4.66. The number of fused-ring (bicyclic) bond motifs is 1. The van der Waals surface area contributed by atoms with Crippen LogP contribution in [0.4, 0.5) is 0 Å². The lowest BCUT2D eigenvalue weighted by atomic mass is 9.71. The van der Waals surface area contributed by atoms with E-state index >= 15 is 0 Å². The van der Waals surface area contributed by atoms with Crippen LogP contribution in [0, 0.1) is 11.3 Å². The van der Waals surface area contributed by atoms with Crippen molar-refractivity contribution in [1.29, 1.82) is 0 Å². The zero-order valence-electron chi connectivity index (χ0n) is 15.5. The van der Waals surface area contributed by atoms with Gasteiger partial charge < -0.3 is 9.42 Å². The van der Waals surface area contributed by atoms with Gasteiger partial charge in [-0.25, -0.2) is 0 Å². The maximum Gasteiger partial charge on any atom is 0.276 e. The molecular weight excluding hydrogens is 340 g/mol. The van der Waals surface area contributed by atoms with Crippen LogP contribution in [-0.4, -0.2) is 32.8 Å². The molecule has 1 amide bonds. The smallest absolute Gasteiger partial charge is 0.276 e. The molecule has 7 heteroatoms. The molecule has 0 saturated heterocycles. The molecule has 0 aromatic carbocycles. The monoisotopic (exact) mass is 364 g/mol. The summed E-state index contributed by atoms with van der Waals surface area (Å²) in [4.78, 5) is 14.5. The molecule has 6 nitrogen and oxygen atoms in total. The Morgan fingerprint density at radius 3 is 2.80 bits per heavy atom. The highest BCUT2D eigenvalue weighted by Gasteiger charge is 2.34. The second-order valence-corrected chi connectivity index (χ2v) is 8.37. The minimum Gasteiger partial charge on any atom is -0.360 e. The van der Waals surface area contributed by atoms with Gasteiger partial charge in [0.15, 0.2) is 5.69 Å². The molecule has 1 aliphatic rings. The van der Waals surface area contributed by atoms with Gasteiger partial charge in [-0.15, -0.1) is 0 Å². The summed E-state index contributed by atoms with van der Waals surface area (Å²) >= 11 is 6.15. The van der Waals surface area contributed by atoms with Crippen molar-refractivity contribution in [2.24, 2.45) is 18.4 Å². The van der Waals surface area contributed by atoms with Crippen molar-refractivity contribution >= 4 is 17.5 Å². The highest BCUT2D eigenvalue weighted by Crippen LogP contribution is 2.38. The molecule has 0 unspecified atom stereocenters. The molecule has 2 heterocycles. The third-order valence-electron chi connectivity index (χ3n) is 5.21. The van der Waals surface area contributed by atoms with Crippen LogP contribution in [0.5, 0.6) is 0 Å². The summed E-state index contributed by atoms with van der Waals surface area (Å²) in [6, 6.07) is 0. The molecule has 2 aromatic rings. The van der Waals surface area contributed by atoms with Crippen LogP contribution in [0.25, 0.3) is 0 Å². The third-order valence-corrected chi connectivity index (χ3v) is 5.53. The summed E-state index contributed by atoms with van der Waals surface area (Å²) in [7, 11) is 3.56. The number of hydrogen-bond donors (Lipinski definition) is 0. The van der Waals surface area contributed by atoms with E-state index in [9.17, 15) is 4.79 Å². The number of aromatic nitrogens is 3. The molecule has 3 rings (SSSR count). The van der Waals surface area contributed by atoms with Crippen LogP contribution in [0.15, 0.2) is 10.7 Å². The minimum atomic E-state index is -0.142. The van der Waals surface area contributed by atoms with Gasteiger partial charge in [0, 0.05) is 26.1 Å². The van der Waals surface area contributed by atoms with Crippen LogP contribution < -0.4 is 0 Å². The number of halogens is 1. The second kappa shape index (κ2) is 6.48. The minimum absolute atomic E-state index is 0.142. The Bertz CT molecular complexity index is 768. The highest BCUT2D eigenvalue weighted by molar-refractivity contribution is 6.31. The van der Waals surface area contributed by atoms with E-state index in [0.29, 0.717) is 23.2 Å². The first-order chi connectivity index (χ1) is 11.7. The van der Waals surface area contributed by atoms with Gasteiger partial charge in [-0.2, -0.15) is 5.10 Å². The van der Waals surface area contributed by atoms with Crippen molar-refractivity contribution in [1.82, 2.24) is 19.8 Å². The fourth-order valence-electron chi connectivity index (χ4n) is 3.40. The van der Waals surface area contributed by atoms with E-state index in [2.05, 4.69) is 31.0 Å². The Morgan fingerprint density at radius 2 is 2.20 bits per heavy atom. The zero-order valence-corrected chi connectivity index (χ0v) is 16.2. The maximum absolute atomic E-state index is 12.9. The summed E-state index contributed by atoms with van der Waals surface area (Å²) < 4.78 is 7.14. The van der Waals surface area contributed by atoms with Crippen molar-refractivity contribution in [2.75, 3.05) is 7.05 Å². The number of aryl methyl sites for hydroxylation is 2. The predicted molar refractivity (Wildman–Crippen MR) is 95.5 cm³/mol. The van der Waals surface area contributed by atoms with Gasteiger partial charge in [0.1, 0.15) is 5.76 Å². The van der Waals surface area contributed by atoms with E-state index in [1.807, 2.05) is 7.05 Å². The predicted octanol–water partition coefficient (Wildman–Crippen LogP) is 3.48. The van der Waals surface area contributed by atoms with Crippen molar-refractivity contribution in [3.05, 3.63) is 33.9 Å². The summed E-state index contributed by atoms with van der Waals surface area (Å²) in [5.41, 5.74) is 2.40. The van der Waals surface area contributed by atoms with Gasteiger partial charge in [-0.05, 0) is 24.2 Å². The van der Waals surface area contributed by atoms with Gasteiger partial charge in [-0.1, -0.05) is 37.5 Å². The Morgan fingerprint density at radius 1 is 1.48 bits per heavy atom. The molecule has 25 heavy (non-hydrogen) atoms. The molecule has 0 bridgehead atoms. The number of carbonyl (C=O) groups excluding carboxylic acids is 1. The first kappa shape index (κ1) is 18.0. The number of hydrogen-bond acceptors (Lipinski definition) is 4. The van der Waals surface area contributed by atoms with Crippen LogP contribution in [0.1, 0.15) is 54.7 Å². The summed E-state index contributed by atoms with van der Waals surface area (Å²) in [5, 5.41) is 8.75. The number of nitrogens with zero attached hydrogens (tertiary/aromatic N) is 4. The average molecular weight is 365 g/mol. The van der Waals surface area contributed by atoms with Gasteiger partial charge in [0.05, 0.1) is 23.5 Å². The molecule has 136 valence electrons. The lowest BCUT2D eigenvalue weighted by Crippen LogP contribution is -2.31. The van der Waals surface area contributed by atoms with Crippen LogP contribution in [-0.2, 0) is 26.4 Å². The van der Waals surface area contributed by atoms with Gasteiger partial charge >= 0.3 is 0 Å². The molecular formula is C18H25ClN4O2. The third kappa shape index (κ3) is 3.45. The summed E-state index contributed by atoms with van der Waals surface area (Å²) in [6.45, 7) is 7.11. The standard InChI is InChI=1S/C18H25ClN4O2/c1-18(2,3)11-6-7-15-12(8-11)16(21-25-15)17(24)22(4)10-14-13(19)9-20-23(14)5/h9,11H,6-8,10H2,1-5H3/t11-/m0/s1. The van der Waals surface area contributed by atoms with Crippen molar-refractivity contribution < 1.29 is 9.32 Å².